The minimum Gasteiger partial charge on any atom is -0.451 e. The van der Waals surface area contributed by atoms with Crippen molar-refractivity contribution >= 4 is 44.2 Å². The highest BCUT2D eigenvalue weighted by molar-refractivity contribution is 7.89. The van der Waals surface area contributed by atoms with E-state index in [2.05, 4.69) is 5.32 Å². The maximum atomic E-state index is 12.9. The number of rotatable bonds is 6. The zero-order valence-electron chi connectivity index (χ0n) is 18.4. The van der Waals surface area contributed by atoms with E-state index in [-0.39, 0.29) is 28.2 Å². The zero-order chi connectivity index (χ0) is 24.5. The third kappa shape index (κ3) is 4.89. The lowest BCUT2D eigenvalue weighted by atomic mass is 10.1. The SMILES string of the molecule is Cc1cc2oc(C(=O)Nc3ccc(S(=O)(=O)N(C)Cc4ccccc4)cc3)cc(=O)c2cc1Cl. The monoisotopic (exact) mass is 496 g/mol. The Morgan fingerprint density at radius 2 is 1.71 bits per heavy atom. The van der Waals surface area contributed by atoms with Gasteiger partial charge in [0.05, 0.1) is 10.3 Å². The summed E-state index contributed by atoms with van der Waals surface area (Å²) in [6, 6.07) is 19.2. The topological polar surface area (TPSA) is 96.7 Å². The number of carbonyl (C=O) groups is 1. The van der Waals surface area contributed by atoms with Crippen molar-refractivity contribution in [3.05, 3.63) is 105 Å². The van der Waals surface area contributed by atoms with Crippen LogP contribution in [-0.4, -0.2) is 25.7 Å². The lowest BCUT2D eigenvalue weighted by Crippen LogP contribution is -2.26. The molecule has 0 fully saturated rings. The van der Waals surface area contributed by atoms with E-state index in [9.17, 15) is 18.0 Å². The van der Waals surface area contributed by atoms with Gasteiger partial charge >= 0.3 is 0 Å². The zero-order valence-corrected chi connectivity index (χ0v) is 20.0. The van der Waals surface area contributed by atoms with Crippen LogP contribution in [0.5, 0.6) is 0 Å². The standard InChI is InChI=1S/C25H21ClN2O5S/c1-16-12-23-20(13-21(16)26)22(29)14-24(33-23)25(30)27-18-8-10-19(11-9-18)34(31,32)28(2)15-17-6-4-3-5-7-17/h3-14H,15H2,1-2H3,(H,27,30). The first-order valence-corrected chi connectivity index (χ1v) is 12.1. The summed E-state index contributed by atoms with van der Waals surface area (Å²) >= 11 is 6.07. The first-order valence-electron chi connectivity index (χ1n) is 10.3. The van der Waals surface area contributed by atoms with E-state index in [1.165, 1.54) is 41.7 Å². The van der Waals surface area contributed by atoms with E-state index < -0.39 is 21.4 Å². The Bertz CT molecular complexity index is 1530. The number of anilines is 1. The van der Waals surface area contributed by atoms with Gasteiger partial charge in [0, 0.05) is 30.4 Å². The molecule has 4 rings (SSSR count). The number of aryl methyl sites for hydroxylation is 1. The molecule has 0 aliphatic rings. The third-order valence-corrected chi connectivity index (χ3v) is 7.53. The number of halogens is 1. The molecule has 3 aromatic carbocycles. The number of sulfonamides is 1. The van der Waals surface area contributed by atoms with Crippen molar-refractivity contribution in [1.82, 2.24) is 4.31 Å². The van der Waals surface area contributed by atoms with Crippen molar-refractivity contribution in [2.45, 2.75) is 18.4 Å². The van der Waals surface area contributed by atoms with Gasteiger partial charge in [0.25, 0.3) is 5.91 Å². The third-order valence-electron chi connectivity index (χ3n) is 5.30. The molecule has 0 spiro atoms. The van der Waals surface area contributed by atoms with E-state index in [0.717, 1.165) is 11.6 Å². The van der Waals surface area contributed by atoms with Crippen molar-refractivity contribution in [2.24, 2.45) is 0 Å². The second-order valence-electron chi connectivity index (χ2n) is 7.80. The summed E-state index contributed by atoms with van der Waals surface area (Å²) in [6.07, 6.45) is 0. The van der Waals surface area contributed by atoms with E-state index >= 15 is 0 Å². The van der Waals surface area contributed by atoms with Crippen LogP contribution >= 0.6 is 11.6 Å². The lowest BCUT2D eigenvalue weighted by molar-refractivity contribution is 0.0997. The molecule has 34 heavy (non-hydrogen) atoms. The molecule has 1 amide bonds. The molecule has 0 bridgehead atoms. The molecule has 1 N–H and O–H groups in total. The summed E-state index contributed by atoms with van der Waals surface area (Å²) in [5, 5.41) is 3.33. The number of nitrogens with one attached hydrogen (secondary N) is 1. The summed E-state index contributed by atoms with van der Waals surface area (Å²) in [6.45, 7) is 1.99. The van der Waals surface area contributed by atoms with Crippen LogP contribution in [-0.2, 0) is 16.6 Å². The van der Waals surface area contributed by atoms with Gasteiger partial charge in [-0.3, -0.25) is 9.59 Å². The molecule has 1 aromatic heterocycles. The van der Waals surface area contributed by atoms with E-state index in [0.29, 0.717) is 16.3 Å². The van der Waals surface area contributed by atoms with Crippen LogP contribution in [0.3, 0.4) is 0 Å². The number of hydrogen-bond acceptors (Lipinski definition) is 5. The molecule has 4 aromatic rings. The van der Waals surface area contributed by atoms with Gasteiger partial charge in [-0.2, -0.15) is 4.31 Å². The molecule has 9 heteroatoms. The Balaban J connectivity index is 1.52. The molecule has 0 atom stereocenters. The summed E-state index contributed by atoms with van der Waals surface area (Å²) in [5.74, 6) is -0.804. The summed E-state index contributed by atoms with van der Waals surface area (Å²) in [7, 11) is -2.21. The van der Waals surface area contributed by atoms with Crippen LogP contribution in [0.1, 0.15) is 21.7 Å². The largest absolute Gasteiger partial charge is 0.451 e. The fraction of sp³-hybridized carbons (Fsp3) is 0.120. The van der Waals surface area contributed by atoms with Crippen LogP contribution < -0.4 is 10.7 Å². The van der Waals surface area contributed by atoms with Crippen molar-refractivity contribution in [2.75, 3.05) is 12.4 Å². The second kappa shape index (κ2) is 9.42. The highest BCUT2D eigenvalue weighted by Gasteiger charge is 2.21. The molecule has 0 saturated heterocycles. The van der Waals surface area contributed by atoms with Crippen molar-refractivity contribution < 1.29 is 17.6 Å². The highest BCUT2D eigenvalue weighted by Crippen LogP contribution is 2.23. The Labute approximate surface area is 201 Å². The predicted molar refractivity (Wildman–Crippen MR) is 132 cm³/mol. The summed E-state index contributed by atoms with van der Waals surface area (Å²) in [5.41, 5.74) is 1.79. The number of amides is 1. The fourth-order valence-corrected chi connectivity index (χ4v) is 4.72. The maximum Gasteiger partial charge on any atom is 0.291 e. The number of nitrogens with zero attached hydrogens (tertiary/aromatic N) is 1. The average Bonchev–Trinajstić information content (AvgIpc) is 2.81. The lowest BCUT2D eigenvalue weighted by Gasteiger charge is -2.17. The molecule has 0 saturated carbocycles. The quantitative estimate of drug-likeness (QED) is 0.412. The number of hydrogen-bond donors (Lipinski definition) is 1. The summed E-state index contributed by atoms with van der Waals surface area (Å²) in [4.78, 5) is 25.1. The molecular weight excluding hydrogens is 476 g/mol. The van der Waals surface area contributed by atoms with Gasteiger partial charge in [-0.25, -0.2) is 8.42 Å². The molecule has 174 valence electrons. The number of carbonyl (C=O) groups excluding carboxylic acids is 1. The highest BCUT2D eigenvalue weighted by atomic mass is 35.5. The Morgan fingerprint density at radius 1 is 1.03 bits per heavy atom. The number of benzene rings is 3. The van der Waals surface area contributed by atoms with Gasteiger partial charge in [0.2, 0.25) is 10.0 Å². The van der Waals surface area contributed by atoms with E-state index in [4.69, 9.17) is 16.0 Å². The van der Waals surface area contributed by atoms with Gasteiger partial charge in [-0.15, -0.1) is 0 Å². The van der Waals surface area contributed by atoms with Crippen LogP contribution in [0, 0.1) is 6.92 Å². The molecular formula is C25H21ClN2O5S. The Morgan fingerprint density at radius 3 is 2.38 bits per heavy atom. The van der Waals surface area contributed by atoms with E-state index in [1.807, 2.05) is 30.3 Å². The molecule has 0 unspecified atom stereocenters. The number of fused-ring (bicyclic) bond motifs is 1. The van der Waals surface area contributed by atoms with Gasteiger partial charge < -0.3 is 9.73 Å². The van der Waals surface area contributed by atoms with Crippen LogP contribution in [0.2, 0.25) is 5.02 Å². The molecule has 7 nitrogen and oxygen atoms in total. The van der Waals surface area contributed by atoms with Gasteiger partial charge in [-0.05, 0) is 54.4 Å². The van der Waals surface area contributed by atoms with Crippen LogP contribution in [0.4, 0.5) is 5.69 Å². The molecule has 0 aliphatic carbocycles. The Kier molecular flexibility index (Phi) is 6.56. The molecule has 0 radical (unpaired) electrons. The minimum atomic E-state index is -3.72. The minimum absolute atomic E-state index is 0.0912. The maximum absolute atomic E-state index is 12.9. The van der Waals surface area contributed by atoms with Crippen LogP contribution in [0.15, 0.2) is 86.9 Å². The van der Waals surface area contributed by atoms with E-state index in [1.54, 1.807) is 13.0 Å². The predicted octanol–water partition coefficient (Wildman–Crippen LogP) is 4.83. The van der Waals surface area contributed by atoms with Gasteiger partial charge in [0.1, 0.15) is 5.58 Å². The normalized spacial score (nSPS) is 11.6. The van der Waals surface area contributed by atoms with Gasteiger partial charge in [0.15, 0.2) is 11.2 Å². The average molecular weight is 497 g/mol. The van der Waals surface area contributed by atoms with Crippen molar-refractivity contribution in [3.63, 3.8) is 0 Å². The Hall–Kier alpha value is -3.46. The first-order chi connectivity index (χ1) is 16.1. The fourth-order valence-electron chi connectivity index (χ4n) is 3.40. The summed E-state index contributed by atoms with van der Waals surface area (Å²) < 4.78 is 32.6. The molecule has 0 aliphatic heterocycles. The van der Waals surface area contributed by atoms with Crippen molar-refractivity contribution in [3.8, 4) is 0 Å². The second-order valence-corrected chi connectivity index (χ2v) is 10.2. The van der Waals surface area contributed by atoms with Crippen molar-refractivity contribution in [1.29, 1.82) is 0 Å². The van der Waals surface area contributed by atoms with Gasteiger partial charge in [-0.1, -0.05) is 41.9 Å². The molecule has 1 heterocycles. The first kappa shape index (κ1) is 23.7. The van der Waals surface area contributed by atoms with Crippen LogP contribution in [0.25, 0.3) is 11.0 Å². The smallest absolute Gasteiger partial charge is 0.291 e.